The highest BCUT2D eigenvalue weighted by atomic mass is 16.5. The second kappa shape index (κ2) is 6.36. The molecule has 1 atom stereocenters. The zero-order valence-electron chi connectivity index (χ0n) is 13.0. The van der Waals surface area contributed by atoms with Crippen molar-refractivity contribution in [1.29, 1.82) is 0 Å². The molecular formula is C16H22N4O2. The van der Waals surface area contributed by atoms with Crippen LogP contribution < -0.4 is 9.64 Å². The first kappa shape index (κ1) is 14.8. The van der Waals surface area contributed by atoms with E-state index in [0.29, 0.717) is 19.0 Å². The van der Waals surface area contributed by atoms with E-state index in [2.05, 4.69) is 28.8 Å². The first-order valence-electron chi connectivity index (χ1n) is 7.65. The zero-order valence-corrected chi connectivity index (χ0v) is 13.0. The molecule has 6 nitrogen and oxygen atoms in total. The Morgan fingerprint density at radius 1 is 1.36 bits per heavy atom. The molecular weight excluding hydrogens is 280 g/mol. The van der Waals surface area contributed by atoms with Crippen LogP contribution in [0.15, 0.2) is 30.6 Å². The van der Waals surface area contributed by atoms with Crippen LogP contribution in [0.1, 0.15) is 19.7 Å². The largest absolute Gasteiger partial charge is 0.484 e. The average molecular weight is 302 g/mol. The van der Waals surface area contributed by atoms with Gasteiger partial charge in [-0.05, 0) is 18.1 Å². The molecule has 2 aromatic rings. The molecule has 0 saturated heterocycles. The Morgan fingerprint density at radius 3 is 2.95 bits per heavy atom. The molecule has 0 radical (unpaired) electrons. The molecule has 22 heavy (non-hydrogen) atoms. The van der Waals surface area contributed by atoms with Gasteiger partial charge in [-0.1, -0.05) is 26.0 Å². The number of hydrogen-bond acceptors (Lipinski definition) is 5. The summed E-state index contributed by atoms with van der Waals surface area (Å²) >= 11 is 0. The van der Waals surface area contributed by atoms with Crippen molar-refractivity contribution >= 4 is 5.69 Å². The molecule has 1 aliphatic heterocycles. The van der Waals surface area contributed by atoms with E-state index in [4.69, 9.17) is 4.74 Å². The lowest BCUT2D eigenvalue weighted by molar-refractivity contribution is 0.111. The predicted octanol–water partition coefficient (Wildman–Crippen LogP) is 1.69. The third-order valence-corrected chi connectivity index (χ3v) is 3.69. The van der Waals surface area contributed by atoms with E-state index in [1.807, 2.05) is 28.9 Å². The zero-order chi connectivity index (χ0) is 15.5. The van der Waals surface area contributed by atoms with Crippen LogP contribution in [-0.2, 0) is 13.1 Å². The molecule has 3 rings (SSSR count). The van der Waals surface area contributed by atoms with Gasteiger partial charge in [0.25, 0.3) is 0 Å². The summed E-state index contributed by atoms with van der Waals surface area (Å²) in [4.78, 5) is 6.59. The highest BCUT2D eigenvalue weighted by molar-refractivity contribution is 5.60. The van der Waals surface area contributed by atoms with E-state index < -0.39 is 0 Å². The van der Waals surface area contributed by atoms with Crippen molar-refractivity contribution in [3.8, 4) is 5.75 Å². The lowest BCUT2D eigenvalue weighted by Crippen LogP contribution is -2.42. The Kier molecular flexibility index (Phi) is 4.29. The van der Waals surface area contributed by atoms with Gasteiger partial charge in [0, 0.05) is 6.54 Å². The van der Waals surface area contributed by atoms with Crippen molar-refractivity contribution in [3.05, 3.63) is 36.4 Å². The Morgan fingerprint density at radius 2 is 2.18 bits per heavy atom. The molecule has 0 spiro atoms. The molecule has 0 amide bonds. The molecule has 1 aromatic carbocycles. The van der Waals surface area contributed by atoms with Gasteiger partial charge in [-0.2, -0.15) is 5.10 Å². The Hall–Kier alpha value is -2.08. The van der Waals surface area contributed by atoms with E-state index in [1.54, 1.807) is 6.33 Å². The summed E-state index contributed by atoms with van der Waals surface area (Å²) in [6.07, 6.45) is 1.39. The Bertz CT molecular complexity index is 626. The maximum absolute atomic E-state index is 9.45. The fourth-order valence-corrected chi connectivity index (χ4v) is 2.70. The minimum absolute atomic E-state index is 0.00349. The number of ether oxygens (including phenoxy) is 1. The molecule has 0 fully saturated rings. The van der Waals surface area contributed by atoms with Crippen LogP contribution in [0.3, 0.4) is 0 Å². The number of anilines is 1. The fourth-order valence-electron chi connectivity index (χ4n) is 2.70. The summed E-state index contributed by atoms with van der Waals surface area (Å²) in [5, 5.41) is 13.8. The summed E-state index contributed by atoms with van der Waals surface area (Å²) in [5.74, 6) is 2.26. The second-order valence-corrected chi connectivity index (χ2v) is 6.02. The summed E-state index contributed by atoms with van der Waals surface area (Å²) in [6, 6.07) is 7.90. The molecule has 6 heteroatoms. The molecule has 118 valence electrons. The molecule has 1 N–H and O–H groups in total. The number of para-hydroxylation sites is 2. The molecule has 1 unspecified atom stereocenters. The van der Waals surface area contributed by atoms with Crippen molar-refractivity contribution in [2.75, 3.05) is 18.1 Å². The topological polar surface area (TPSA) is 63.4 Å². The maximum Gasteiger partial charge on any atom is 0.146 e. The van der Waals surface area contributed by atoms with Gasteiger partial charge in [-0.25, -0.2) is 9.67 Å². The highest BCUT2D eigenvalue weighted by Gasteiger charge is 2.26. The molecule has 1 aliphatic rings. The minimum atomic E-state index is -0.212. The van der Waals surface area contributed by atoms with Crippen LogP contribution in [0.5, 0.6) is 5.75 Å². The van der Waals surface area contributed by atoms with E-state index >= 15 is 0 Å². The SMILES string of the molecule is CC(C)Cn1ncnc1CN1CC(CO)Oc2ccccc21. The Labute approximate surface area is 130 Å². The molecule has 0 bridgehead atoms. The van der Waals surface area contributed by atoms with E-state index in [1.165, 1.54) is 0 Å². The number of benzene rings is 1. The summed E-state index contributed by atoms with van der Waals surface area (Å²) in [6.45, 7) is 6.48. The first-order chi connectivity index (χ1) is 10.7. The lowest BCUT2D eigenvalue weighted by atomic mass is 10.2. The predicted molar refractivity (Wildman–Crippen MR) is 83.9 cm³/mol. The Balaban J connectivity index is 1.84. The molecule has 2 heterocycles. The van der Waals surface area contributed by atoms with Crippen LogP contribution in [0.4, 0.5) is 5.69 Å². The average Bonchev–Trinajstić information content (AvgIpc) is 2.93. The van der Waals surface area contributed by atoms with Gasteiger partial charge in [-0.15, -0.1) is 0 Å². The third kappa shape index (κ3) is 3.06. The van der Waals surface area contributed by atoms with Crippen molar-refractivity contribution in [3.63, 3.8) is 0 Å². The van der Waals surface area contributed by atoms with Gasteiger partial charge in [0.2, 0.25) is 0 Å². The summed E-state index contributed by atoms with van der Waals surface area (Å²) < 4.78 is 7.75. The minimum Gasteiger partial charge on any atom is -0.484 e. The number of rotatable bonds is 5. The summed E-state index contributed by atoms with van der Waals surface area (Å²) in [5.41, 5.74) is 1.03. The van der Waals surface area contributed by atoms with Crippen molar-refractivity contribution in [2.24, 2.45) is 5.92 Å². The smallest absolute Gasteiger partial charge is 0.146 e. The number of nitrogens with zero attached hydrogens (tertiary/aromatic N) is 4. The van der Waals surface area contributed by atoms with Crippen molar-refractivity contribution in [1.82, 2.24) is 14.8 Å². The van der Waals surface area contributed by atoms with Crippen LogP contribution in [0.25, 0.3) is 0 Å². The van der Waals surface area contributed by atoms with Crippen molar-refractivity contribution in [2.45, 2.75) is 33.0 Å². The number of aliphatic hydroxyl groups excluding tert-OH is 1. The first-order valence-corrected chi connectivity index (χ1v) is 7.65. The maximum atomic E-state index is 9.45. The fraction of sp³-hybridized carbons (Fsp3) is 0.500. The lowest BCUT2D eigenvalue weighted by Gasteiger charge is -2.35. The van der Waals surface area contributed by atoms with Crippen LogP contribution in [0, 0.1) is 5.92 Å². The van der Waals surface area contributed by atoms with Gasteiger partial charge >= 0.3 is 0 Å². The quantitative estimate of drug-likeness (QED) is 0.910. The molecule has 1 aromatic heterocycles. The number of aliphatic hydroxyl groups is 1. The number of fused-ring (bicyclic) bond motifs is 1. The summed E-state index contributed by atoms with van der Waals surface area (Å²) in [7, 11) is 0. The normalized spacial score (nSPS) is 17.5. The highest BCUT2D eigenvalue weighted by Crippen LogP contribution is 2.33. The van der Waals surface area contributed by atoms with E-state index in [9.17, 15) is 5.11 Å². The second-order valence-electron chi connectivity index (χ2n) is 6.02. The number of hydrogen-bond donors (Lipinski definition) is 1. The van der Waals surface area contributed by atoms with E-state index in [-0.39, 0.29) is 12.7 Å². The number of aromatic nitrogens is 3. The van der Waals surface area contributed by atoms with E-state index in [0.717, 1.165) is 23.8 Å². The van der Waals surface area contributed by atoms with Crippen LogP contribution >= 0.6 is 0 Å². The van der Waals surface area contributed by atoms with Gasteiger partial charge in [0.15, 0.2) is 0 Å². The van der Waals surface area contributed by atoms with Gasteiger partial charge in [-0.3, -0.25) is 0 Å². The van der Waals surface area contributed by atoms with Crippen molar-refractivity contribution < 1.29 is 9.84 Å². The van der Waals surface area contributed by atoms with Gasteiger partial charge in [0.1, 0.15) is 24.0 Å². The van der Waals surface area contributed by atoms with Crippen LogP contribution in [0.2, 0.25) is 0 Å². The van der Waals surface area contributed by atoms with Crippen LogP contribution in [-0.4, -0.2) is 39.1 Å². The third-order valence-electron chi connectivity index (χ3n) is 3.69. The van der Waals surface area contributed by atoms with Gasteiger partial charge in [0.05, 0.1) is 25.4 Å². The molecule has 0 saturated carbocycles. The molecule has 0 aliphatic carbocycles. The van der Waals surface area contributed by atoms with Gasteiger partial charge < -0.3 is 14.7 Å². The standard InChI is InChI=1S/C16H22N4O2/c1-12(2)7-20-16(17-11-18-20)9-19-8-13(10-21)22-15-6-4-3-5-14(15)19/h3-6,11-13,21H,7-10H2,1-2H3. The monoisotopic (exact) mass is 302 g/mol.